The van der Waals surface area contributed by atoms with E-state index in [9.17, 15) is 4.79 Å². The van der Waals surface area contributed by atoms with Crippen LogP contribution < -0.4 is 4.74 Å². The number of aryl methyl sites for hydroxylation is 1. The quantitative estimate of drug-likeness (QED) is 0.655. The molecule has 2 heterocycles. The van der Waals surface area contributed by atoms with Gasteiger partial charge in [-0.3, -0.25) is 4.79 Å². The third-order valence-corrected chi connectivity index (χ3v) is 6.54. The second-order valence-electron chi connectivity index (χ2n) is 7.66. The maximum Gasteiger partial charge on any atom is 0.263 e. The molecule has 28 heavy (non-hydrogen) atoms. The van der Waals surface area contributed by atoms with E-state index >= 15 is 0 Å². The van der Waals surface area contributed by atoms with Gasteiger partial charge in [-0.2, -0.15) is 0 Å². The molecule has 0 N–H and O–H groups in total. The van der Waals surface area contributed by atoms with Gasteiger partial charge >= 0.3 is 0 Å². The SMILES string of the molecule is CCN(CC1CCCN(CCc2cccc(OC)c2)C1)C(=O)c1ccc(C)s1. The van der Waals surface area contributed by atoms with E-state index in [4.69, 9.17) is 4.74 Å². The molecule has 4 nitrogen and oxygen atoms in total. The summed E-state index contributed by atoms with van der Waals surface area (Å²) in [5, 5.41) is 0. The third-order valence-electron chi connectivity index (χ3n) is 5.55. The van der Waals surface area contributed by atoms with E-state index in [1.165, 1.54) is 23.3 Å². The van der Waals surface area contributed by atoms with Crippen LogP contribution in [0.5, 0.6) is 5.75 Å². The van der Waals surface area contributed by atoms with Crippen molar-refractivity contribution in [3.8, 4) is 5.75 Å². The number of hydrogen-bond acceptors (Lipinski definition) is 4. The molecule has 1 atom stereocenters. The van der Waals surface area contributed by atoms with Gasteiger partial charge in [0.2, 0.25) is 0 Å². The fraction of sp³-hybridized carbons (Fsp3) is 0.522. The van der Waals surface area contributed by atoms with Crippen molar-refractivity contribution in [3.05, 3.63) is 51.7 Å². The Balaban J connectivity index is 1.52. The molecule has 1 amide bonds. The lowest BCUT2D eigenvalue weighted by molar-refractivity contribution is 0.0695. The summed E-state index contributed by atoms with van der Waals surface area (Å²) >= 11 is 1.60. The molecule has 1 fully saturated rings. The van der Waals surface area contributed by atoms with Crippen molar-refractivity contribution < 1.29 is 9.53 Å². The number of methoxy groups -OCH3 is 1. The highest BCUT2D eigenvalue weighted by Gasteiger charge is 2.24. The van der Waals surface area contributed by atoms with E-state index in [-0.39, 0.29) is 5.91 Å². The number of nitrogens with zero attached hydrogens (tertiary/aromatic N) is 2. The average Bonchev–Trinajstić information content (AvgIpc) is 3.17. The number of likely N-dealkylation sites (tertiary alicyclic amines) is 1. The Kier molecular flexibility index (Phi) is 7.51. The fourth-order valence-electron chi connectivity index (χ4n) is 3.99. The molecule has 1 unspecified atom stereocenters. The molecular weight excluding hydrogens is 368 g/mol. The number of carbonyl (C=O) groups is 1. The average molecular weight is 401 g/mol. The Morgan fingerprint density at radius 2 is 2.18 bits per heavy atom. The topological polar surface area (TPSA) is 32.8 Å². The van der Waals surface area contributed by atoms with Gasteiger partial charge in [0.15, 0.2) is 0 Å². The second kappa shape index (κ2) is 10.1. The van der Waals surface area contributed by atoms with Crippen molar-refractivity contribution in [2.75, 3.05) is 39.8 Å². The molecule has 1 aromatic heterocycles. The number of benzene rings is 1. The molecule has 5 heteroatoms. The smallest absolute Gasteiger partial charge is 0.263 e. The number of piperidine rings is 1. The Hall–Kier alpha value is -1.85. The van der Waals surface area contributed by atoms with Crippen molar-refractivity contribution in [2.45, 2.75) is 33.1 Å². The van der Waals surface area contributed by atoms with Crippen molar-refractivity contribution >= 4 is 17.2 Å². The largest absolute Gasteiger partial charge is 0.497 e. The molecule has 0 aliphatic carbocycles. The molecule has 1 saturated heterocycles. The van der Waals surface area contributed by atoms with Crippen molar-refractivity contribution in [3.63, 3.8) is 0 Å². The van der Waals surface area contributed by atoms with E-state index in [0.717, 1.165) is 49.8 Å². The predicted octanol–water partition coefficient (Wildman–Crippen LogP) is 4.48. The first-order valence-electron chi connectivity index (χ1n) is 10.3. The first-order valence-corrected chi connectivity index (χ1v) is 11.1. The zero-order valence-electron chi connectivity index (χ0n) is 17.3. The minimum Gasteiger partial charge on any atom is -0.497 e. The third kappa shape index (κ3) is 5.58. The summed E-state index contributed by atoms with van der Waals surface area (Å²) in [6.45, 7) is 9.08. The van der Waals surface area contributed by atoms with Gasteiger partial charge in [-0.05, 0) is 75.4 Å². The Morgan fingerprint density at radius 3 is 2.89 bits per heavy atom. The highest BCUT2D eigenvalue weighted by Crippen LogP contribution is 2.22. The van der Waals surface area contributed by atoms with Crippen LogP contribution in [0.3, 0.4) is 0 Å². The zero-order valence-corrected chi connectivity index (χ0v) is 18.1. The summed E-state index contributed by atoms with van der Waals surface area (Å²) in [5.74, 6) is 1.67. The number of carbonyl (C=O) groups excluding carboxylic acids is 1. The van der Waals surface area contributed by atoms with Gasteiger partial charge in [0.25, 0.3) is 5.91 Å². The van der Waals surface area contributed by atoms with Crippen LogP contribution in [0.15, 0.2) is 36.4 Å². The number of rotatable bonds is 8. The molecule has 152 valence electrons. The first kappa shape index (κ1) is 20.9. The van der Waals surface area contributed by atoms with E-state index in [1.807, 2.05) is 23.1 Å². The minimum atomic E-state index is 0.189. The minimum absolute atomic E-state index is 0.189. The van der Waals surface area contributed by atoms with E-state index < -0.39 is 0 Å². The molecule has 0 spiro atoms. The number of amides is 1. The molecule has 1 aromatic carbocycles. The van der Waals surface area contributed by atoms with Crippen LogP contribution in [0.2, 0.25) is 0 Å². The second-order valence-corrected chi connectivity index (χ2v) is 8.95. The van der Waals surface area contributed by atoms with Gasteiger partial charge < -0.3 is 14.5 Å². The lowest BCUT2D eigenvalue weighted by Crippen LogP contribution is -2.43. The molecule has 1 aliphatic heterocycles. The predicted molar refractivity (Wildman–Crippen MR) is 116 cm³/mol. The summed E-state index contributed by atoms with van der Waals surface area (Å²) in [7, 11) is 1.71. The van der Waals surface area contributed by atoms with E-state index in [0.29, 0.717) is 5.92 Å². The van der Waals surface area contributed by atoms with Crippen LogP contribution in [-0.4, -0.2) is 55.5 Å². The molecule has 2 aromatic rings. The zero-order chi connectivity index (χ0) is 19.9. The molecule has 0 saturated carbocycles. The molecule has 1 aliphatic rings. The van der Waals surface area contributed by atoms with Crippen LogP contribution in [0, 0.1) is 12.8 Å². The number of hydrogen-bond donors (Lipinski definition) is 0. The van der Waals surface area contributed by atoms with Crippen molar-refractivity contribution in [2.24, 2.45) is 5.92 Å². The summed E-state index contributed by atoms with van der Waals surface area (Å²) in [6.07, 6.45) is 3.46. The molecule has 3 rings (SSSR count). The van der Waals surface area contributed by atoms with Gasteiger partial charge in [0.1, 0.15) is 5.75 Å². The summed E-state index contributed by atoms with van der Waals surface area (Å²) in [6, 6.07) is 12.3. The lowest BCUT2D eigenvalue weighted by atomic mass is 9.96. The first-order chi connectivity index (χ1) is 13.6. The lowest BCUT2D eigenvalue weighted by Gasteiger charge is -2.35. The Bertz CT molecular complexity index is 773. The fourth-order valence-corrected chi connectivity index (χ4v) is 4.83. The van der Waals surface area contributed by atoms with Crippen LogP contribution >= 0.6 is 11.3 Å². The maximum atomic E-state index is 12.8. The van der Waals surface area contributed by atoms with Gasteiger partial charge in [-0.1, -0.05) is 12.1 Å². The van der Waals surface area contributed by atoms with Gasteiger partial charge in [-0.15, -0.1) is 11.3 Å². The summed E-state index contributed by atoms with van der Waals surface area (Å²) in [5.41, 5.74) is 1.32. The van der Waals surface area contributed by atoms with E-state index in [2.05, 4.69) is 36.9 Å². The van der Waals surface area contributed by atoms with Crippen LogP contribution in [0.4, 0.5) is 0 Å². The van der Waals surface area contributed by atoms with Crippen LogP contribution in [0.25, 0.3) is 0 Å². The van der Waals surface area contributed by atoms with Gasteiger partial charge in [0, 0.05) is 31.1 Å². The van der Waals surface area contributed by atoms with Crippen molar-refractivity contribution in [1.82, 2.24) is 9.80 Å². The molecular formula is C23H32N2O2S. The standard InChI is InChI=1S/C23H32N2O2S/c1-4-25(23(26)22-11-10-18(2)28-22)17-20-8-6-13-24(16-20)14-12-19-7-5-9-21(15-19)27-3/h5,7,9-11,15,20H,4,6,8,12-14,16-17H2,1-3H3. The summed E-state index contributed by atoms with van der Waals surface area (Å²) < 4.78 is 5.33. The Morgan fingerprint density at radius 1 is 1.32 bits per heavy atom. The van der Waals surface area contributed by atoms with Gasteiger partial charge in [-0.25, -0.2) is 0 Å². The van der Waals surface area contributed by atoms with Crippen LogP contribution in [-0.2, 0) is 6.42 Å². The van der Waals surface area contributed by atoms with Gasteiger partial charge in [0.05, 0.1) is 12.0 Å². The number of ether oxygens (including phenoxy) is 1. The monoisotopic (exact) mass is 400 g/mol. The number of thiophene rings is 1. The highest BCUT2D eigenvalue weighted by atomic mass is 32.1. The van der Waals surface area contributed by atoms with Crippen LogP contribution in [0.1, 0.15) is 39.9 Å². The molecule has 0 radical (unpaired) electrons. The highest BCUT2D eigenvalue weighted by molar-refractivity contribution is 7.13. The maximum absolute atomic E-state index is 12.8. The molecule has 0 bridgehead atoms. The Labute approximate surface area is 173 Å². The van der Waals surface area contributed by atoms with Crippen molar-refractivity contribution in [1.29, 1.82) is 0 Å². The summed E-state index contributed by atoms with van der Waals surface area (Å²) in [4.78, 5) is 19.5. The normalized spacial score (nSPS) is 17.5. The van der Waals surface area contributed by atoms with E-state index in [1.54, 1.807) is 18.4 Å².